The van der Waals surface area contributed by atoms with Gasteiger partial charge in [0, 0.05) is 22.0 Å². The zero-order valence-electron chi connectivity index (χ0n) is 4.14. The molecule has 1 aliphatic rings. The van der Waals surface area contributed by atoms with E-state index in [-0.39, 0.29) is 0 Å². The maximum atomic E-state index is 10.8. The van der Waals surface area contributed by atoms with Crippen molar-refractivity contribution in [3.05, 3.63) is 0 Å². The standard InChI is InChI=1S/C4H9NOS/c1-7(6)4-2-3-5-7/h1-4H2,(H,5,6). The highest BCUT2D eigenvalue weighted by Gasteiger charge is 2.08. The van der Waals surface area contributed by atoms with E-state index in [9.17, 15) is 4.21 Å². The first-order valence-electron chi connectivity index (χ1n) is 2.30. The van der Waals surface area contributed by atoms with Crippen LogP contribution in [0.1, 0.15) is 6.42 Å². The minimum Gasteiger partial charge on any atom is -0.253 e. The van der Waals surface area contributed by atoms with Crippen molar-refractivity contribution in [2.24, 2.45) is 0 Å². The molecule has 1 unspecified atom stereocenters. The SMILES string of the molecule is C=S1(=O)CCCN1. The second-order valence-corrected chi connectivity index (χ2v) is 4.08. The fourth-order valence-corrected chi connectivity index (χ4v) is 1.91. The Morgan fingerprint density at radius 2 is 2.43 bits per heavy atom. The maximum Gasteiger partial charge on any atom is 0.0301 e. The van der Waals surface area contributed by atoms with Gasteiger partial charge >= 0.3 is 0 Å². The van der Waals surface area contributed by atoms with E-state index in [1.54, 1.807) is 0 Å². The topological polar surface area (TPSA) is 29.1 Å². The van der Waals surface area contributed by atoms with E-state index >= 15 is 0 Å². The molecule has 0 aromatic heterocycles. The van der Waals surface area contributed by atoms with Gasteiger partial charge in [0.15, 0.2) is 0 Å². The van der Waals surface area contributed by atoms with Crippen molar-refractivity contribution in [2.45, 2.75) is 6.42 Å². The van der Waals surface area contributed by atoms with Crippen LogP contribution in [0.25, 0.3) is 0 Å². The Bertz CT molecular complexity index is 135. The van der Waals surface area contributed by atoms with E-state index < -0.39 is 9.71 Å². The van der Waals surface area contributed by atoms with Gasteiger partial charge in [-0.3, -0.25) is 4.21 Å². The molecular formula is C4H9NOS. The summed E-state index contributed by atoms with van der Waals surface area (Å²) in [6, 6.07) is 0. The summed E-state index contributed by atoms with van der Waals surface area (Å²) in [6.07, 6.45) is 1.02. The molecule has 1 N–H and O–H groups in total. The van der Waals surface area contributed by atoms with Crippen LogP contribution in [0.5, 0.6) is 0 Å². The van der Waals surface area contributed by atoms with Crippen molar-refractivity contribution in [1.29, 1.82) is 0 Å². The third-order valence-electron chi connectivity index (χ3n) is 1.02. The molecular weight excluding hydrogens is 110 g/mol. The summed E-state index contributed by atoms with van der Waals surface area (Å²) in [5.74, 6) is 4.24. The molecule has 0 aromatic rings. The minimum atomic E-state index is -1.80. The van der Waals surface area contributed by atoms with Gasteiger partial charge in [0.25, 0.3) is 0 Å². The van der Waals surface area contributed by atoms with E-state index in [0.717, 1.165) is 18.7 Å². The molecule has 3 heteroatoms. The van der Waals surface area contributed by atoms with Crippen molar-refractivity contribution in [3.8, 4) is 0 Å². The van der Waals surface area contributed by atoms with Gasteiger partial charge in [-0.2, -0.15) is 0 Å². The Kier molecular flexibility index (Phi) is 1.09. The summed E-state index contributed by atoms with van der Waals surface area (Å²) in [5.41, 5.74) is 0. The number of hydrogen-bond acceptors (Lipinski definition) is 1. The lowest BCUT2D eigenvalue weighted by molar-refractivity contribution is 0.680. The van der Waals surface area contributed by atoms with Crippen LogP contribution in [0.3, 0.4) is 0 Å². The molecule has 1 saturated heterocycles. The number of rotatable bonds is 0. The predicted molar refractivity (Wildman–Crippen MR) is 32.8 cm³/mol. The minimum absolute atomic E-state index is 0.757. The molecule has 1 atom stereocenters. The van der Waals surface area contributed by atoms with Gasteiger partial charge in [-0.1, -0.05) is 0 Å². The lowest BCUT2D eigenvalue weighted by Crippen LogP contribution is -2.15. The molecule has 42 valence electrons. The molecule has 0 radical (unpaired) electrons. The molecule has 0 aliphatic carbocycles. The normalized spacial score (nSPS) is 41.7. The first-order valence-corrected chi connectivity index (χ1v) is 4.20. The summed E-state index contributed by atoms with van der Waals surface area (Å²) >= 11 is 0. The van der Waals surface area contributed by atoms with Crippen LogP contribution < -0.4 is 4.72 Å². The van der Waals surface area contributed by atoms with Crippen LogP contribution in [0.15, 0.2) is 0 Å². The van der Waals surface area contributed by atoms with E-state index in [4.69, 9.17) is 0 Å². The van der Waals surface area contributed by atoms with Gasteiger partial charge in [0.2, 0.25) is 0 Å². The van der Waals surface area contributed by atoms with Gasteiger partial charge in [-0.25, -0.2) is 4.72 Å². The van der Waals surface area contributed by atoms with Crippen LogP contribution >= 0.6 is 0 Å². The zero-order chi connectivity index (χ0) is 5.33. The fraction of sp³-hybridized carbons (Fsp3) is 0.750. The van der Waals surface area contributed by atoms with Crippen LogP contribution in [0, 0.1) is 0 Å². The molecule has 0 amide bonds. The average molecular weight is 119 g/mol. The van der Waals surface area contributed by atoms with Crippen molar-refractivity contribution in [3.63, 3.8) is 0 Å². The lowest BCUT2D eigenvalue weighted by Gasteiger charge is -1.92. The second-order valence-electron chi connectivity index (χ2n) is 1.76. The summed E-state index contributed by atoms with van der Waals surface area (Å²) in [6.45, 7) is 0.877. The fourth-order valence-electron chi connectivity index (χ4n) is 0.636. The quantitative estimate of drug-likeness (QED) is 0.432. The van der Waals surface area contributed by atoms with Gasteiger partial charge in [-0.05, 0) is 12.3 Å². The molecule has 0 saturated carbocycles. The van der Waals surface area contributed by atoms with Crippen LogP contribution in [-0.4, -0.2) is 22.4 Å². The molecule has 1 fully saturated rings. The smallest absolute Gasteiger partial charge is 0.0301 e. The largest absolute Gasteiger partial charge is 0.253 e. The van der Waals surface area contributed by atoms with E-state index in [1.807, 2.05) is 0 Å². The first kappa shape index (κ1) is 5.12. The molecule has 0 aromatic carbocycles. The monoisotopic (exact) mass is 119 g/mol. The van der Waals surface area contributed by atoms with Crippen molar-refractivity contribution >= 4 is 15.6 Å². The molecule has 0 bridgehead atoms. The Balaban J connectivity index is 2.76. The average Bonchev–Trinajstić information content (AvgIpc) is 1.84. The third kappa shape index (κ3) is 1.17. The summed E-state index contributed by atoms with van der Waals surface area (Å²) in [5, 5.41) is 0. The third-order valence-corrected chi connectivity index (χ3v) is 2.69. The molecule has 0 spiro atoms. The molecule has 1 aliphatic heterocycles. The van der Waals surface area contributed by atoms with Gasteiger partial charge in [-0.15, -0.1) is 0 Å². The van der Waals surface area contributed by atoms with Crippen LogP contribution in [0.4, 0.5) is 0 Å². The highest BCUT2D eigenvalue weighted by atomic mass is 32.2. The number of nitrogens with one attached hydrogen (secondary N) is 1. The van der Waals surface area contributed by atoms with E-state index in [0.29, 0.717) is 0 Å². The highest BCUT2D eigenvalue weighted by molar-refractivity contribution is 7.98. The Morgan fingerprint density at radius 3 is 2.57 bits per heavy atom. The zero-order valence-corrected chi connectivity index (χ0v) is 4.96. The van der Waals surface area contributed by atoms with Crippen molar-refractivity contribution in [1.82, 2.24) is 4.72 Å². The Morgan fingerprint density at radius 1 is 1.71 bits per heavy atom. The van der Waals surface area contributed by atoms with E-state index in [1.165, 1.54) is 0 Å². The van der Waals surface area contributed by atoms with Gasteiger partial charge in [0.1, 0.15) is 0 Å². The molecule has 2 nitrogen and oxygen atoms in total. The van der Waals surface area contributed by atoms with E-state index in [2.05, 4.69) is 10.6 Å². The van der Waals surface area contributed by atoms with Gasteiger partial charge < -0.3 is 0 Å². The highest BCUT2D eigenvalue weighted by Crippen LogP contribution is 1.95. The summed E-state index contributed by atoms with van der Waals surface area (Å²) in [4.78, 5) is 0. The molecule has 1 heterocycles. The Labute approximate surface area is 44.1 Å². The maximum absolute atomic E-state index is 10.8. The molecule has 1 rings (SSSR count). The first-order chi connectivity index (χ1) is 3.21. The van der Waals surface area contributed by atoms with Crippen LogP contribution in [-0.2, 0) is 9.71 Å². The Hall–Kier alpha value is -0.0200. The molecule has 7 heavy (non-hydrogen) atoms. The summed E-state index contributed by atoms with van der Waals surface area (Å²) < 4.78 is 13.6. The number of hydrogen-bond donors (Lipinski definition) is 1. The van der Waals surface area contributed by atoms with Gasteiger partial charge in [0.05, 0.1) is 0 Å². The second kappa shape index (κ2) is 1.49. The van der Waals surface area contributed by atoms with Crippen molar-refractivity contribution < 1.29 is 4.21 Å². The summed E-state index contributed by atoms with van der Waals surface area (Å²) in [7, 11) is -1.80. The van der Waals surface area contributed by atoms with Crippen molar-refractivity contribution in [2.75, 3.05) is 12.3 Å². The predicted octanol–water partition coefficient (Wildman–Crippen LogP) is -0.389. The lowest BCUT2D eigenvalue weighted by atomic mass is 10.5. The van der Waals surface area contributed by atoms with Crippen LogP contribution in [0.2, 0.25) is 0 Å².